The third kappa shape index (κ3) is 4.33. The molecule has 0 aliphatic carbocycles. The van der Waals surface area contributed by atoms with Crippen molar-refractivity contribution in [1.82, 2.24) is 4.90 Å². The summed E-state index contributed by atoms with van der Waals surface area (Å²) in [5.41, 5.74) is 2.21. The first-order valence-electron chi connectivity index (χ1n) is 7.87. The maximum Gasteiger partial charge on any atom is 0.410 e. The number of hydrogen-bond acceptors (Lipinski definition) is 2. The lowest BCUT2D eigenvalue weighted by molar-refractivity contribution is 0.0679. The third-order valence-electron chi connectivity index (χ3n) is 4.13. The molecule has 23 heavy (non-hydrogen) atoms. The standard InChI is InChI=1S/C19H21NO2.H2O/c21-19(22-15-16-9-3-1-4-10-16)20-14-8-7-13-18(20)17-11-5-2-6-12-17;/h1-6,9-12,18H,7-8,13-15H2;1H2. The van der Waals surface area contributed by atoms with Crippen LogP contribution in [0.25, 0.3) is 0 Å². The number of carbonyl (C=O) groups is 1. The Balaban J connectivity index is 0.00000192. The van der Waals surface area contributed by atoms with E-state index in [0.717, 1.165) is 31.4 Å². The molecule has 0 aromatic heterocycles. The van der Waals surface area contributed by atoms with Crippen LogP contribution in [0.15, 0.2) is 60.7 Å². The zero-order chi connectivity index (χ0) is 15.2. The highest BCUT2D eigenvalue weighted by Gasteiger charge is 2.28. The van der Waals surface area contributed by atoms with Gasteiger partial charge >= 0.3 is 6.09 Å². The van der Waals surface area contributed by atoms with E-state index in [-0.39, 0.29) is 17.6 Å². The van der Waals surface area contributed by atoms with Crippen LogP contribution < -0.4 is 0 Å². The first-order valence-corrected chi connectivity index (χ1v) is 7.87. The van der Waals surface area contributed by atoms with Crippen molar-refractivity contribution in [3.05, 3.63) is 71.8 Å². The number of piperidine rings is 1. The smallest absolute Gasteiger partial charge is 0.410 e. The predicted molar refractivity (Wildman–Crippen MR) is 90.0 cm³/mol. The monoisotopic (exact) mass is 313 g/mol. The van der Waals surface area contributed by atoms with Gasteiger partial charge in [0.05, 0.1) is 6.04 Å². The van der Waals surface area contributed by atoms with Crippen molar-refractivity contribution in [2.75, 3.05) is 6.54 Å². The Hall–Kier alpha value is -2.33. The quantitative estimate of drug-likeness (QED) is 0.867. The summed E-state index contributed by atoms with van der Waals surface area (Å²) in [6, 6.07) is 20.2. The molecule has 122 valence electrons. The van der Waals surface area contributed by atoms with E-state index in [1.165, 1.54) is 5.56 Å². The molecule has 1 aliphatic rings. The van der Waals surface area contributed by atoms with Crippen molar-refractivity contribution in [3.63, 3.8) is 0 Å². The topological polar surface area (TPSA) is 61.0 Å². The highest BCUT2D eigenvalue weighted by atomic mass is 16.6. The second-order valence-corrected chi connectivity index (χ2v) is 5.66. The fourth-order valence-electron chi connectivity index (χ4n) is 2.97. The van der Waals surface area contributed by atoms with Crippen molar-refractivity contribution in [2.24, 2.45) is 0 Å². The maximum absolute atomic E-state index is 12.5. The summed E-state index contributed by atoms with van der Waals surface area (Å²) in [6.45, 7) is 1.10. The number of likely N-dealkylation sites (tertiary alicyclic amines) is 1. The van der Waals surface area contributed by atoms with Gasteiger partial charge in [0.1, 0.15) is 6.61 Å². The average Bonchev–Trinajstić information content (AvgIpc) is 2.61. The lowest BCUT2D eigenvalue weighted by Crippen LogP contribution is -2.38. The number of hydrogen-bond donors (Lipinski definition) is 0. The van der Waals surface area contributed by atoms with E-state index >= 15 is 0 Å². The minimum atomic E-state index is -0.211. The van der Waals surface area contributed by atoms with Crippen LogP contribution in [0.1, 0.15) is 36.4 Å². The molecule has 0 bridgehead atoms. The van der Waals surface area contributed by atoms with Gasteiger partial charge in [0.25, 0.3) is 0 Å². The van der Waals surface area contributed by atoms with E-state index in [4.69, 9.17) is 4.74 Å². The molecule has 1 unspecified atom stereocenters. The molecule has 1 aliphatic heterocycles. The molecule has 0 spiro atoms. The van der Waals surface area contributed by atoms with Crippen molar-refractivity contribution >= 4 is 6.09 Å². The molecule has 1 heterocycles. The number of carbonyl (C=O) groups excluding carboxylic acids is 1. The number of benzene rings is 2. The molecule has 0 saturated carbocycles. The van der Waals surface area contributed by atoms with E-state index in [0.29, 0.717) is 6.61 Å². The summed E-state index contributed by atoms with van der Waals surface area (Å²) in [6.07, 6.45) is 2.99. The lowest BCUT2D eigenvalue weighted by Gasteiger charge is -2.35. The van der Waals surface area contributed by atoms with E-state index in [2.05, 4.69) is 12.1 Å². The third-order valence-corrected chi connectivity index (χ3v) is 4.13. The van der Waals surface area contributed by atoms with Crippen LogP contribution in [0.2, 0.25) is 0 Å². The average molecular weight is 313 g/mol. The van der Waals surface area contributed by atoms with E-state index in [1.807, 2.05) is 53.4 Å². The molecule has 3 rings (SSSR count). The van der Waals surface area contributed by atoms with E-state index in [1.54, 1.807) is 0 Å². The van der Waals surface area contributed by atoms with Gasteiger partial charge in [0.15, 0.2) is 0 Å². The molecule has 4 nitrogen and oxygen atoms in total. The van der Waals surface area contributed by atoms with Gasteiger partial charge in [-0.25, -0.2) is 4.79 Å². The summed E-state index contributed by atoms with van der Waals surface area (Å²) in [7, 11) is 0. The minimum Gasteiger partial charge on any atom is -0.445 e. The first kappa shape index (κ1) is 17.0. The van der Waals surface area contributed by atoms with E-state index < -0.39 is 0 Å². The van der Waals surface area contributed by atoms with Gasteiger partial charge in [0.2, 0.25) is 0 Å². The van der Waals surface area contributed by atoms with Gasteiger partial charge < -0.3 is 15.1 Å². The Labute approximate surface area is 137 Å². The van der Waals surface area contributed by atoms with E-state index in [9.17, 15) is 4.79 Å². The summed E-state index contributed by atoms with van der Waals surface area (Å²) < 4.78 is 5.51. The van der Waals surface area contributed by atoms with Gasteiger partial charge in [-0.2, -0.15) is 0 Å². The van der Waals surface area contributed by atoms with Gasteiger partial charge in [-0.3, -0.25) is 0 Å². The number of amides is 1. The fourth-order valence-corrected chi connectivity index (χ4v) is 2.97. The summed E-state index contributed by atoms with van der Waals surface area (Å²) >= 11 is 0. The highest BCUT2D eigenvalue weighted by molar-refractivity contribution is 5.68. The number of nitrogens with zero attached hydrogens (tertiary/aromatic N) is 1. The molecule has 1 fully saturated rings. The molecular weight excluding hydrogens is 290 g/mol. The Morgan fingerprint density at radius 3 is 2.35 bits per heavy atom. The highest BCUT2D eigenvalue weighted by Crippen LogP contribution is 2.31. The van der Waals surface area contributed by atoms with Gasteiger partial charge in [-0.05, 0) is 30.4 Å². The predicted octanol–water partition coefficient (Wildman–Crippen LogP) is 3.73. The second-order valence-electron chi connectivity index (χ2n) is 5.66. The van der Waals surface area contributed by atoms with Crippen molar-refractivity contribution in [2.45, 2.75) is 31.9 Å². The van der Waals surface area contributed by atoms with Gasteiger partial charge in [0, 0.05) is 6.54 Å². The Kier molecular flexibility index (Phi) is 6.18. The second kappa shape index (κ2) is 8.34. The van der Waals surface area contributed by atoms with Gasteiger partial charge in [-0.1, -0.05) is 60.7 Å². The zero-order valence-electron chi connectivity index (χ0n) is 13.2. The fraction of sp³-hybridized carbons (Fsp3) is 0.316. The Morgan fingerprint density at radius 2 is 1.65 bits per heavy atom. The molecule has 2 aromatic carbocycles. The van der Waals surface area contributed by atoms with Crippen LogP contribution >= 0.6 is 0 Å². The normalized spacial score (nSPS) is 17.2. The summed E-state index contributed by atoms with van der Waals surface area (Å²) in [5, 5.41) is 0. The van der Waals surface area contributed by atoms with Crippen molar-refractivity contribution < 1.29 is 15.0 Å². The molecule has 1 amide bonds. The van der Waals surface area contributed by atoms with Crippen LogP contribution in [0, 0.1) is 0 Å². The number of rotatable bonds is 3. The van der Waals surface area contributed by atoms with Crippen molar-refractivity contribution in [1.29, 1.82) is 0 Å². The molecule has 2 N–H and O–H groups in total. The van der Waals surface area contributed by atoms with Gasteiger partial charge in [-0.15, -0.1) is 0 Å². The minimum absolute atomic E-state index is 0. The Morgan fingerprint density at radius 1 is 1.00 bits per heavy atom. The zero-order valence-corrected chi connectivity index (χ0v) is 13.2. The lowest BCUT2D eigenvalue weighted by atomic mass is 9.96. The number of ether oxygens (including phenoxy) is 1. The molecular formula is C19H23NO3. The first-order chi connectivity index (χ1) is 10.8. The summed E-state index contributed by atoms with van der Waals surface area (Å²) in [5.74, 6) is 0. The van der Waals surface area contributed by atoms with Crippen molar-refractivity contribution in [3.8, 4) is 0 Å². The SMILES string of the molecule is O.O=C(OCc1ccccc1)N1CCCCC1c1ccccc1. The molecule has 1 atom stereocenters. The summed E-state index contributed by atoms with van der Waals surface area (Å²) in [4.78, 5) is 14.3. The van der Waals surface area contributed by atoms with Crippen LogP contribution in [0.5, 0.6) is 0 Å². The molecule has 2 aromatic rings. The Bertz CT molecular complexity index is 601. The van der Waals surface area contributed by atoms with Crippen LogP contribution in [0.3, 0.4) is 0 Å². The van der Waals surface area contributed by atoms with Crippen LogP contribution in [-0.4, -0.2) is 23.0 Å². The van der Waals surface area contributed by atoms with Crippen LogP contribution in [-0.2, 0) is 11.3 Å². The molecule has 0 radical (unpaired) electrons. The molecule has 4 heteroatoms. The molecule has 1 saturated heterocycles. The van der Waals surface area contributed by atoms with Crippen LogP contribution in [0.4, 0.5) is 4.79 Å². The largest absolute Gasteiger partial charge is 0.445 e. The maximum atomic E-state index is 12.5.